The Morgan fingerprint density at radius 3 is 2.57 bits per heavy atom. The minimum absolute atomic E-state index is 0.116. The molecule has 0 aliphatic heterocycles. The number of fused-ring (bicyclic) bond motifs is 1. The lowest BCUT2D eigenvalue weighted by Crippen LogP contribution is -2.26. The van der Waals surface area contributed by atoms with E-state index in [4.69, 9.17) is 9.72 Å². The van der Waals surface area contributed by atoms with Crippen LogP contribution in [0, 0.1) is 0 Å². The number of carbonyl (C=O) groups is 2. The van der Waals surface area contributed by atoms with Crippen LogP contribution in [0.15, 0.2) is 85.2 Å². The van der Waals surface area contributed by atoms with Crippen molar-refractivity contribution >= 4 is 45.8 Å². The monoisotopic (exact) mass is 511 g/mol. The molecule has 5 aromatic rings. The SMILES string of the molecule is COCCn1c(NC(=O)c2ccc(-c3ccncc3)s2)nc2cc(N(C)C(=O)c3ccccc3)ccc21. The number of anilines is 2. The number of benzene rings is 2. The van der Waals surface area contributed by atoms with E-state index in [2.05, 4.69) is 10.3 Å². The Morgan fingerprint density at radius 2 is 1.81 bits per heavy atom. The first-order chi connectivity index (χ1) is 18.0. The fourth-order valence-corrected chi connectivity index (χ4v) is 4.92. The second kappa shape index (κ2) is 10.7. The van der Waals surface area contributed by atoms with Gasteiger partial charge in [0.15, 0.2) is 0 Å². The van der Waals surface area contributed by atoms with E-state index in [-0.39, 0.29) is 11.8 Å². The lowest BCUT2D eigenvalue weighted by atomic mass is 10.2. The van der Waals surface area contributed by atoms with Gasteiger partial charge in [-0.3, -0.25) is 19.9 Å². The second-order valence-electron chi connectivity index (χ2n) is 8.34. The number of imidazole rings is 1. The van der Waals surface area contributed by atoms with Gasteiger partial charge in [-0.05, 0) is 60.2 Å². The first kappa shape index (κ1) is 24.4. The Balaban J connectivity index is 1.43. The molecule has 0 saturated heterocycles. The Bertz CT molecular complexity index is 1550. The van der Waals surface area contributed by atoms with E-state index < -0.39 is 0 Å². The molecular weight excluding hydrogens is 486 g/mol. The van der Waals surface area contributed by atoms with E-state index >= 15 is 0 Å². The number of pyridine rings is 1. The van der Waals surface area contributed by atoms with Crippen LogP contribution in [-0.4, -0.2) is 47.1 Å². The molecular formula is C28H25N5O3S. The largest absolute Gasteiger partial charge is 0.383 e. The molecule has 2 aromatic carbocycles. The molecule has 0 spiro atoms. The number of aromatic nitrogens is 3. The molecule has 0 fully saturated rings. The van der Waals surface area contributed by atoms with Crippen LogP contribution in [0.2, 0.25) is 0 Å². The Morgan fingerprint density at radius 1 is 1.03 bits per heavy atom. The van der Waals surface area contributed by atoms with Gasteiger partial charge < -0.3 is 14.2 Å². The summed E-state index contributed by atoms with van der Waals surface area (Å²) in [7, 11) is 3.37. The highest BCUT2D eigenvalue weighted by Gasteiger charge is 2.19. The average Bonchev–Trinajstić information content (AvgIpc) is 3.57. The lowest BCUT2D eigenvalue weighted by molar-refractivity contribution is 0.0991. The molecule has 2 amide bonds. The zero-order valence-electron chi connectivity index (χ0n) is 20.4. The van der Waals surface area contributed by atoms with Gasteiger partial charge in [0.2, 0.25) is 5.95 Å². The van der Waals surface area contributed by atoms with Gasteiger partial charge in [0.05, 0.1) is 22.5 Å². The number of hydrogen-bond acceptors (Lipinski definition) is 6. The van der Waals surface area contributed by atoms with Crippen LogP contribution in [0.25, 0.3) is 21.5 Å². The van der Waals surface area contributed by atoms with Crippen LogP contribution in [0.3, 0.4) is 0 Å². The summed E-state index contributed by atoms with van der Waals surface area (Å²) in [5.74, 6) is 0.0657. The summed E-state index contributed by atoms with van der Waals surface area (Å²) in [5.41, 5.74) is 3.82. The van der Waals surface area contributed by atoms with Gasteiger partial charge in [-0.1, -0.05) is 18.2 Å². The number of carbonyl (C=O) groups excluding carboxylic acids is 2. The van der Waals surface area contributed by atoms with Crippen molar-refractivity contribution in [3.8, 4) is 10.4 Å². The minimum Gasteiger partial charge on any atom is -0.383 e. The predicted molar refractivity (Wildman–Crippen MR) is 146 cm³/mol. The smallest absolute Gasteiger partial charge is 0.268 e. The third-order valence-electron chi connectivity index (χ3n) is 5.98. The summed E-state index contributed by atoms with van der Waals surface area (Å²) in [6, 6.07) is 22.3. The van der Waals surface area contributed by atoms with Crippen LogP contribution in [-0.2, 0) is 11.3 Å². The fraction of sp³-hybridized carbons (Fsp3) is 0.143. The quantitative estimate of drug-likeness (QED) is 0.304. The average molecular weight is 512 g/mol. The maximum Gasteiger partial charge on any atom is 0.268 e. The number of amides is 2. The zero-order chi connectivity index (χ0) is 25.8. The van der Waals surface area contributed by atoms with Crippen LogP contribution in [0.5, 0.6) is 0 Å². The third-order valence-corrected chi connectivity index (χ3v) is 7.12. The maximum absolute atomic E-state index is 13.1. The van der Waals surface area contributed by atoms with Crippen molar-refractivity contribution in [2.75, 3.05) is 31.0 Å². The van der Waals surface area contributed by atoms with Crippen LogP contribution in [0.1, 0.15) is 20.0 Å². The number of nitrogens with one attached hydrogen (secondary N) is 1. The van der Waals surface area contributed by atoms with Crippen molar-refractivity contribution in [1.82, 2.24) is 14.5 Å². The lowest BCUT2D eigenvalue weighted by Gasteiger charge is -2.17. The summed E-state index contributed by atoms with van der Waals surface area (Å²) in [6.07, 6.45) is 3.46. The molecule has 0 unspecified atom stereocenters. The maximum atomic E-state index is 13.1. The van der Waals surface area contributed by atoms with Crippen molar-refractivity contribution < 1.29 is 14.3 Å². The molecule has 186 valence electrons. The molecule has 0 radical (unpaired) electrons. The number of methoxy groups -OCH3 is 1. The van der Waals surface area contributed by atoms with E-state index in [1.807, 2.05) is 59.2 Å². The van der Waals surface area contributed by atoms with Gasteiger partial charge in [0, 0.05) is 49.2 Å². The minimum atomic E-state index is -0.240. The van der Waals surface area contributed by atoms with E-state index in [1.165, 1.54) is 11.3 Å². The van der Waals surface area contributed by atoms with Crippen molar-refractivity contribution in [2.45, 2.75) is 6.54 Å². The van der Waals surface area contributed by atoms with Gasteiger partial charge in [-0.2, -0.15) is 0 Å². The fourth-order valence-electron chi connectivity index (χ4n) is 4.02. The van der Waals surface area contributed by atoms with Crippen LogP contribution in [0.4, 0.5) is 11.6 Å². The van der Waals surface area contributed by atoms with E-state index in [9.17, 15) is 9.59 Å². The molecule has 0 bridgehead atoms. The summed E-state index contributed by atoms with van der Waals surface area (Å²) in [5, 5.41) is 2.96. The molecule has 3 heterocycles. The predicted octanol–water partition coefficient (Wildman–Crippen LogP) is 5.34. The molecule has 8 nitrogen and oxygen atoms in total. The summed E-state index contributed by atoms with van der Waals surface area (Å²) in [4.78, 5) is 38.0. The Labute approximate surface area is 218 Å². The Hall–Kier alpha value is -4.34. The van der Waals surface area contributed by atoms with Crippen molar-refractivity contribution in [2.24, 2.45) is 0 Å². The van der Waals surface area contributed by atoms with E-state index in [1.54, 1.807) is 49.7 Å². The Kier molecular flexibility index (Phi) is 7.07. The first-order valence-electron chi connectivity index (χ1n) is 11.7. The summed E-state index contributed by atoms with van der Waals surface area (Å²) in [6.45, 7) is 0.959. The van der Waals surface area contributed by atoms with Crippen molar-refractivity contribution in [3.63, 3.8) is 0 Å². The number of hydrogen-bond donors (Lipinski definition) is 1. The summed E-state index contributed by atoms with van der Waals surface area (Å²) >= 11 is 1.41. The molecule has 0 saturated carbocycles. The van der Waals surface area contributed by atoms with Gasteiger partial charge >= 0.3 is 0 Å². The highest BCUT2D eigenvalue weighted by Crippen LogP contribution is 2.29. The van der Waals surface area contributed by atoms with E-state index in [0.29, 0.717) is 40.7 Å². The van der Waals surface area contributed by atoms with Gasteiger partial charge in [0.25, 0.3) is 11.8 Å². The molecule has 37 heavy (non-hydrogen) atoms. The van der Waals surface area contributed by atoms with Gasteiger partial charge in [-0.15, -0.1) is 11.3 Å². The number of thiophene rings is 1. The van der Waals surface area contributed by atoms with Crippen molar-refractivity contribution in [1.29, 1.82) is 0 Å². The number of nitrogens with zero attached hydrogens (tertiary/aromatic N) is 4. The summed E-state index contributed by atoms with van der Waals surface area (Å²) < 4.78 is 7.20. The molecule has 0 atom stereocenters. The van der Waals surface area contributed by atoms with Gasteiger partial charge in [0.1, 0.15) is 0 Å². The van der Waals surface area contributed by atoms with Crippen LogP contribution >= 0.6 is 11.3 Å². The van der Waals surface area contributed by atoms with Crippen molar-refractivity contribution in [3.05, 3.63) is 95.6 Å². The molecule has 3 aromatic heterocycles. The molecule has 9 heteroatoms. The van der Waals surface area contributed by atoms with Gasteiger partial charge in [-0.25, -0.2) is 4.98 Å². The number of ether oxygens (including phenoxy) is 1. The first-order valence-corrected chi connectivity index (χ1v) is 12.5. The molecule has 0 aliphatic rings. The molecule has 5 rings (SSSR count). The molecule has 1 N–H and O–H groups in total. The van der Waals surface area contributed by atoms with E-state index in [0.717, 1.165) is 16.0 Å². The zero-order valence-corrected chi connectivity index (χ0v) is 21.2. The van der Waals surface area contributed by atoms with Crippen LogP contribution < -0.4 is 10.2 Å². The standard InChI is InChI=1S/C28H25N5O3S/c1-32(27(35)20-6-4-3-5-7-20)21-8-9-23-22(18-21)30-28(33(23)16-17-36-2)31-26(34)25-11-10-24(37-25)19-12-14-29-15-13-19/h3-15,18H,16-17H2,1-2H3,(H,30,31,34). The second-order valence-corrected chi connectivity index (χ2v) is 9.42. The highest BCUT2D eigenvalue weighted by molar-refractivity contribution is 7.17. The number of rotatable bonds is 8. The normalized spacial score (nSPS) is 11.0. The molecule has 0 aliphatic carbocycles. The topological polar surface area (TPSA) is 89.3 Å². The highest BCUT2D eigenvalue weighted by atomic mass is 32.1. The third kappa shape index (κ3) is 5.13.